The van der Waals surface area contributed by atoms with E-state index in [1.807, 2.05) is 13.8 Å². The highest BCUT2D eigenvalue weighted by atomic mass is 16.4. The molecule has 1 heterocycles. The molecule has 1 amide bonds. The topological polar surface area (TPSA) is 98.7 Å². The Morgan fingerprint density at radius 1 is 1.12 bits per heavy atom. The van der Waals surface area contributed by atoms with Gasteiger partial charge in [0.2, 0.25) is 5.91 Å². The van der Waals surface area contributed by atoms with Crippen LogP contribution < -0.4 is 10.6 Å². The summed E-state index contributed by atoms with van der Waals surface area (Å²) < 4.78 is 0. The first-order chi connectivity index (χ1) is 16.1. The summed E-state index contributed by atoms with van der Waals surface area (Å²) in [6.45, 7) is 11.0. The molecule has 6 nitrogen and oxygen atoms in total. The van der Waals surface area contributed by atoms with E-state index < -0.39 is 12.0 Å². The fourth-order valence-corrected chi connectivity index (χ4v) is 8.88. The number of carbonyl (C=O) groups excluding carboxylic acids is 1. The number of amides is 1. The van der Waals surface area contributed by atoms with Gasteiger partial charge in [0.25, 0.3) is 0 Å². The molecular weight excluding hydrogens is 428 g/mol. The summed E-state index contributed by atoms with van der Waals surface area (Å²) in [5.41, 5.74) is 0.623. The van der Waals surface area contributed by atoms with Crippen molar-refractivity contribution in [3.05, 3.63) is 0 Å². The predicted octanol–water partition coefficient (Wildman–Crippen LogP) is 4.21. The lowest BCUT2D eigenvalue weighted by atomic mass is 9.45. The molecule has 10 atom stereocenters. The van der Waals surface area contributed by atoms with Gasteiger partial charge in [-0.3, -0.25) is 4.79 Å². The van der Waals surface area contributed by atoms with Crippen LogP contribution in [0.3, 0.4) is 0 Å². The smallest absolute Gasteiger partial charge is 0.326 e. The number of aliphatic hydroxyl groups is 1. The van der Waals surface area contributed by atoms with Gasteiger partial charge >= 0.3 is 5.97 Å². The van der Waals surface area contributed by atoms with Crippen molar-refractivity contribution in [2.75, 3.05) is 13.1 Å². The number of nitrogens with one attached hydrogen (secondary N) is 2. The second-order valence-electron chi connectivity index (χ2n) is 12.7. The lowest BCUT2D eigenvalue weighted by molar-refractivity contribution is -0.159. The van der Waals surface area contributed by atoms with Crippen molar-refractivity contribution < 1.29 is 19.8 Å². The summed E-state index contributed by atoms with van der Waals surface area (Å²) >= 11 is 0. The van der Waals surface area contributed by atoms with E-state index in [9.17, 15) is 19.8 Å². The van der Waals surface area contributed by atoms with Crippen LogP contribution in [0.25, 0.3) is 0 Å². The van der Waals surface area contributed by atoms with Gasteiger partial charge < -0.3 is 20.8 Å². The van der Waals surface area contributed by atoms with E-state index >= 15 is 0 Å². The second-order valence-corrected chi connectivity index (χ2v) is 12.7. The fraction of sp³-hybridized carbons (Fsp3) is 0.929. The van der Waals surface area contributed by atoms with Gasteiger partial charge in [-0.2, -0.15) is 0 Å². The quantitative estimate of drug-likeness (QED) is 0.421. The molecule has 0 aromatic heterocycles. The van der Waals surface area contributed by atoms with E-state index in [4.69, 9.17) is 0 Å². The van der Waals surface area contributed by atoms with Crippen LogP contribution in [0.4, 0.5) is 0 Å². The number of carbonyl (C=O) groups is 2. The molecule has 1 saturated heterocycles. The molecule has 0 spiro atoms. The van der Waals surface area contributed by atoms with Crippen molar-refractivity contribution >= 4 is 11.9 Å². The zero-order chi connectivity index (χ0) is 24.7. The van der Waals surface area contributed by atoms with Gasteiger partial charge in [0.1, 0.15) is 6.04 Å². The Labute approximate surface area is 206 Å². The minimum Gasteiger partial charge on any atom is -0.480 e. The van der Waals surface area contributed by atoms with E-state index in [2.05, 4.69) is 24.5 Å². The maximum atomic E-state index is 12.5. The Morgan fingerprint density at radius 2 is 1.85 bits per heavy atom. The summed E-state index contributed by atoms with van der Waals surface area (Å²) in [4.78, 5) is 24.0. The lowest BCUT2D eigenvalue weighted by Crippen LogP contribution is -2.60. The average molecular weight is 477 g/mol. The van der Waals surface area contributed by atoms with Crippen LogP contribution >= 0.6 is 0 Å². The molecule has 6 heteroatoms. The van der Waals surface area contributed by atoms with Crippen molar-refractivity contribution in [2.45, 2.75) is 104 Å². The van der Waals surface area contributed by atoms with Crippen molar-refractivity contribution in [3.8, 4) is 0 Å². The zero-order valence-electron chi connectivity index (χ0n) is 21.8. The van der Waals surface area contributed by atoms with Gasteiger partial charge in [-0.25, -0.2) is 4.79 Å². The molecule has 4 N–H and O–H groups in total. The van der Waals surface area contributed by atoms with Crippen LogP contribution in [0.15, 0.2) is 0 Å². The molecule has 1 aliphatic heterocycles. The maximum Gasteiger partial charge on any atom is 0.326 e. The number of fused-ring (bicyclic) bond motifs is 5. The number of piperidine rings is 1. The molecular formula is C28H48N2O4. The summed E-state index contributed by atoms with van der Waals surface area (Å²) in [7, 11) is 0. The van der Waals surface area contributed by atoms with E-state index in [1.165, 1.54) is 32.1 Å². The van der Waals surface area contributed by atoms with Gasteiger partial charge in [0.05, 0.1) is 6.10 Å². The molecule has 3 aliphatic carbocycles. The molecule has 0 bridgehead atoms. The highest BCUT2D eigenvalue weighted by Gasteiger charge is 2.61. The van der Waals surface area contributed by atoms with Crippen LogP contribution in [0, 0.1) is 46.3 Å². The Kier molecular flexibility index (Phi) is 7.69. The van der Waals surface area contributed by atoms with Crippen LogP contribution in [0.2, 0.25) is 0 Å². The fourth-order valence-electron chi connectivity index (χ4n) is 8.88. The minimum absolute atomic E-state index is 0.0746. The number of aliphatic carboxylic acids is 1. The van der Waals surface area contributed by atoms with Crippen LogP contribution in [0.5, 0.6) is 0 Å². The molecule has 4 aliphatic rings. The standard InChI is InChI=1S/C28H48N2O4/c1-5-17(2)25(26(33)34)30-23(32)8-6-7-18-9-10-20-24-21(11-12-27(18,20)3)28(4)13-14-29-16-19(28)15-22(24)31/h17-22,24-25,29,31H,5-16H2,1-4H3,(H,30,32)(H,33,34). The molecule has 4 fully saturated rings. The third-order valence-corrected chi connectivity index (χ3v) is 11.3. The number of hydrogen-bond donors (Lipinski definition) is 4. The highest BCUT2D eigenvalue weighted by Crippen LogP contribution is 2.66. The Balaban J connectivity index is 1.36. The first kappa shape index (κ1) is 25.9. The molecule has 0 radical (unpaired) electrons. The number of carboxylic acid groups (broad SMARTS) is 1. The first-order valence-electron chi connectivity index (χ1n) is 14.0. The van der Waals surface area contributed by atoms with Gasteiger partial charge in [-0.15, -0.1) is 0 Å². The molecule has 0 aromatic carbocycles. The third-order valence-electron chi connectivity index (χ3n) is 11.3. The molecule has 0 aromatic rings. The number of hydrogen-bond acceptors (Lipinski definition) is 4. The van der Waals surface area contributed by atoms with Crippen molar-refractivity contribution in [2.24, 2.45) is 46.3 Å². The van der Waals surface area contributed by atoms with Crippen molar-refractivity contribution in [1.82, 2.24) is 10.6 Å². The van der Waals surface area contributed by atoms with E-state index in [-0.39, 0.29) is 23.3 Å². The SMILES string of the molecule is CCC(C)C(NC(=O)CCCC1CCC2C3C(O)CC4CNCCC4(C)C3CCC12C)C(=O)O. The molecule has 3 saturated carbocycles. The summed E-state index contributed by atoms with van der Waals surface area (Å²) in [5, 5.41) is 27.1. The Morgan fingerprint density at radius 3 is 2.56 bits per heavy atom. The monoisotopic (exact) mass is 476 g/mol. The summed E-state index contributed by atoms with van der Waals surface area (Å²) in [5.74, 6) is 1.70. The van der Waals surface area contributed by atoms with E-state index in [1.54, 1.807) is 0 Å². The van der Waals surface area contributed by atoms with Gasteiger partial charge in [0, 0.05) is 6.42 Å². The highest BCUT2D eigenvalue weighted by molar-refractivity contribution is 5.83. The molecule has 34 heavy (non-hydrogen) atoms. The van der Waals surface area contributed by atoms with Gasteiger partial charge in [-0.1, -0.05) is 34.1 Å². The second kappa shape index (κ2) is 10.1. The lowest BCUT2D eigenvalue weighted by Gasteiger charge is -2.62. The van der Waals surface area contributed by atoms with Gasteiger partial charge in [0.15, 0.2) is 0 Å². The van der Waals surface area contributed by atoms with E-state index in [0.29, 0.717) is 41.4 Å². The van der Waals surface area contributed by atoms with Crippen LogP contribution in [0.1, 0.15) is 91.9 Å². The largest absolute Gasteiger partial charge is 0.480 e. The van der Waals surface area contributed by atoms with Gasteiger partial charge in [-0.05, 0) is 111 Å². The van der Waals surface area contributed by atoms with Crippen LogP contribution in [-0.4, -0.2) is 47.3 Å². The van der Waals surface area contributed by atoms with Crippen LogP contribution in [-0.2, 0) is 9.59 Å². The van der Waals surface area contributed by atoms with Crippen molar-refractivity contribution in [3.63, 3.8) is 0 Å². The number of rotatable bonds is 8. The summed E-state index contributed by atoms with van der Waals surface area (Å²) in [6.07, 6.45) is 9.86. The number of aliphatic hydroxyl groups excluding tert-OH is 1. The predicted molar refractivity (Wildman–Crippen MR) is 133 cm³/mol. The summed E-state index contributed by atoms with van der Waals surface area (Å²) in [6, 6.07) is -0.797. The Hall–Kier alpha value is -1.14. The Bertz CT molecular complexity index is 759. The first-order valence-corrected chi connectivity index (χ1v) is 14.0. The average Bonchev–Trinajstić information content (AvgIpc) is 3.13. The molecule has 10 unspecified atom stereocenters. The zero-order valence-corrected chi connectivity index (χ0v) is 21.8. The normalized spacial score (nSPS) is 43.2. The van der Waals surface area contributed by atoms with Crippen molar-refractivity contribution in [1.29, 1.82) is 0 Å². The van der Waals surface area contributed by atoms with E-state index in [0.717, 1.165) is 38.8 Å². The maximum absolute atomic E-state index is 12.5. The molecule has 4 rings (SSSR count). The molecule has 194 valence electrons. The minimum atomic E-state index is -0.943. The number of carboxylic acids is 1. The third kappa shape index (κ3) is 4.54.